The van der Waals surface area contributed by atoms with Crippen molar-refractivity contribution in [3.05, 3.63) is 29.8 Å². The lowest BCUT2D eigenvalue weighted by atomic mass is 10.2. The summed E-state index contributed by atoms with van der Waals surface area (Å²) in [5, 5.41) is 2.53. The number of ether oxygens (including phenoxy) is 1. The van der Waals surface area contributed by atoms with Crippen molar-refractivity contribution in [1.82, 2.24) is 10.0 Å². The first kappa shape index (κ1) is 19.9. The molecule has 9 heteroatoms. The van der Waals surface area contributed by atoms with Crippen LogP contribution in [0.2, 0.25) is 0 Å². The molecule has 8 nitrogen and oxygen atoms in total. The van der Waals surface area contributed by atoms with Crippen LogP contribution < -0.4 is 15.8 Å². The van der Waals surface area contributed by atoms with E-state index < -0.39 is 27.6 Å². The van der Waals surface area contributed by atoms with Crippen LogP contribution in [0.15, 0.2) is 29.2 Å². The zero-order valence-corrected chi connectivity index (χ0v) is 14.8. The Balaban J connectivity index is 2.45. The van der Waals surface area contributed by atoms with E-state index in [1.807, 2.05) is 0 Å². The molecule has 1 rings (SSSR count). The number of hydrogen-bond donors (Lipinski definition) is 3. The summed E-state index contributed by atoms with van der Waals surface area (Å²) in [5.74, 6) is -0.700. The molecular weight excluding hydrogens is 334 g/mol. The van der Waals surface area contributed by atoms with Crippen molar-refractivity contribution in [2.75, 3.05) is 13.1 Å². The number of nitrogens with two attached hydrogens (primary N) is 1. The molecule has 0 heterocycles. The van der Waals surface area contributed by atoms with Gasteiger partial charge in [-0.25, -0.2) is 17.9 Å². The fourth-order valence-electron chi connectivity index (χ4n) is 1.70. The average molecular weight is 357 g/mol. The standard InChI is InChI=1S/C15H23N3O5S/c1-15(2,3)23-14(20)17-8-5-9-18-24(21,22)12-7-4-6-11(10-12)13(16)19/h4,6-7,10,18H,5,8-9H2,1-3H3,(H2,16,19)(H,17,20). The van der Waals surface area contributed by atoms with Gasteiger partial charge in [0.05, 0.1) is 4.90 Å². The molecule has 24 heavy (non-hydrogen) atoms. The Hall–Kier alpha value is -2.13. The third-order valence-corrected chi connectivity index (χ3v) is 4.20. The Labute approximate surface area is 141 Å². The number of alkyl carbamates (subject to hydrolysis) is 1. The fraction of sp³-hybridized carbons (Fsp3) is 0.467. The van der Waals surface area contributed by atoms with Gasteiger partial charge in [-0.2, -0.15) is 0 Å². The van der Waals surface area contributed by atoms with Gasteiger partial charge in [-0.15, -0.1) is 0 Å². The minimum Gasteiger partial charge on any atom is -0.444 e. The highest BCUT2D eigenvalue weighted by Gasteiger charge is 2.16. The van der Waals surface area contributed by atoms with E-state index in [-0.39, 0.29) is 23.5 Å². The van der Waals surface area contributed by atoms with Crippen LogP contribution in [0.3, 0.4) is 0 Å². The number of rotatable bonds is 7. The SMILES string of the molecule is CC(C)(C)OC(=O)NCCCNS(=O)(=O)c1cccc(C(N)=O)c1. The topological polar surface area (TPSA) is 128 Å². The smallest absolute Gasteiger partial charge is 0.407 e. The van der Waals surface area contributed by atoms with Crippen molar-refractivity contribution in [3.63, 3.8) is 0 Å². The normalized spacial score (nSPS) is 11.8. The quantitative estimate of drug-likeness (QED) is 0.627. The first-order valence-corrected chi connectivity index (χ1v) is 8.86. The van der Waals surface area contributed by atoms with Gasteiger partial charge in [0, 0.05) is 18.7 Å². The van der Waals surface area contributed by atoms with Crippen LogP contribution in [0.5, 0.6) is 0 Å². The van der Waals surface area contributed by atoms with E-state index in [4.69, 9.17) is 10.5 Å². The van der Waals surface area contributed by atoms with E-state index in [9.17, 15) is 18.0 Å². The van der Waals surface area contributed by atoms with Crippen LogP contribution in [0.4, 0.5) is 4.79 Å². The zero-order valence-electron chi connectivity index (χ0n) is 14.0. The third-order valence-electron chi connectivity index (χ3n) is 2.74. The molecule has 1 aromatic rings. The maximum absolute atomic E-state index is 12.1. The number of carbonyl (C=O) groups excluding carboxylic acids is 2. The third kappa shape index (κ3) is 6.97. The highest BCUT2D eigenvalue weighted by molar-refractivity contribution is 7.89. The molecule has 0 spiro atoms. The van der Waals surface area contributed by atoms with Crippen LogP contribution in [0, 0.1) is 0 Å². The lowest BCUT2D eigenvalue weighted by molar-refractivity contribution is 0.0527. The molecule has 0 aliphatic heterocycles. The molecule has 134 valence electrons. The van der Waals surface area contributed by atoms with Gasteiger partial charge in [-0.05, 0) is 45.4 Å². The summed E-state index contributed by atoms with van der Waals surface area (Å²) in [4.78, 5) is 22.5. The van der Waals surface area contributed by atoms with E-state index >= 15 is 0 Å². The number of amides is 2. The van der Waals surface area contributed by atoms with Crippen molar-refractivity contribution < 1.29 is 22.7 Å². The van der Waals surface area contributed by atoms with E-state index in [1.54, 1.807) is 20.8 Å². The van der Waals surface area contributed by atoms with Crippen LogP contribution in [-0.2, 0) is 14.8 Å². The van der Waals surface area contributed by atoms with Gasteiger partial charge in [0.15, 0.2) is 0 Å². The molecule has 0 saturated heterocycles. The maximum Gasteiger partial charge on any atom is 0.407 e. The molecule has 0 unspecified atom stereocenters. The molecule has 0 aliphatic rings. The Bertz CT molecular complexity index is 695. The zero-order chi connectivity index (χ0) is 18.4. The average Bonchev–Trinajstić information content (AvgIpc) is 2.45. The second-order valence-electron chi connectivity index (χ2n) is 6.07. The van der Waals surface area contributed by atoms with Gasteiger partial charge in [0.1, 0.15) is 5.60 Å². The van der Waals surface area contributed by atoms with Crippen molar-refractivity contribution in [1.29, 1.82) is 0 Å². The van der Waals surface area contributed by atoms with E-state index in [1.165, 1.54) is 24.3 Å². The minimum absolute atomic E-state index is 0.0427. The summed E-state index contributed by atoms with van der Waals surface area (Å²) in [6, 6.07) is 5.46. The summed E-state index contributed by atoms with van der Waals surface area (Å²) in [5.41, 5.74) is 4.66. The molecule has 0 fully saturated rings. The maximum atomic E-state index is 12.1. The number of primary amides is 1. The second kappa shape index (κ2) is 8.11. The lowest BCUT2D eigenvalue weighted by Crippen LogP contribution is -2.34. The van der Waals surface area contributed by atoms with Crippen molar-refractivity contribution >= 4 is 22.0 Å². The van der Waals surface area contributed by atoms with Gasteiger partial charge in [-0.1, -0.05) is 6.07 Å². The first-order chi connectivity index (χ1) is 11.0. The van der Waals surface area contributed by atoms with Gasteiger partial charge < -0.3 is 15.8 Å². The predicted molar refractivity (Wildman–Crippen MR) is 89.0 cm³/mol. The predicted octanol–water partition coefficient (Wildman–Crippen LogP) is 0.979. The van der Waals surface area contributed by atoms with Crippen LogP contribution in [0.25, 0.3) is 0 Å². The first-order valence-electron chi connectivity index (χ1n) is 7.38. The highest BCUT2D eigenvalue weighted by atomic mass is 32.2. The molecule has 0 saturated carbocycles. The molecule has 0 aromatic heterocycles. The van der Waals surface area contributed by atoms with Gasteiger partial charge in [0.2, 0.25) is 15.9 Å². The Morgan fingerprint density at radius 3 is 2.46 bits per heavy atom. The summed E-state index contributed by atoms with van der Waals surface area (Å²) < 4.78 is 31.7. The molecule has 0 aliphatic carbocycles. The highest BCUT2D eigenvalue weighted by Crippen LogP contribution is 2.11. The lowest BCUT2D eigenvalue weighted by Gasteiger charge is -2.19. The number of nitrogens with one attached hydrogen (secondary N) is 2. The Morgan fingerprint density at radius 2 is 1.88 bits per heavy atom. The van der Waals surface area contributed by atoms with Gasteiger partial charge in [-0.3, -0.25) is 4.79 Å². The molecule has 0 radical (unpaired) electrons. The fourth-order valence-corrected chi connectivity index (χ4v) is 2.82. The molecule has 2 amide bonds. The van der Waals surface area contributed by atoms with E-state index in [2.05, 4.69) is 10.0 Å². The summed E-state index contributed by atoms with van der Waals surface area (Å²) >= 11 is 0. The summed E-state index contributed by atoms with van der Waals surface area (Å²) in [6.45, 7) is 5.64. The summed E-state index contributed by atoms with van der Waals surface area (Å²) in [7, 11) is -3.75. The number of hydrogen-bond acceptors (Lipinski definition) is 5. The molecule has 1 aromatic carbocycles. The molecular formula is C15H23N3O5S. The van der Waals surface area contributed by atoms with Crippen molar-refractivity contribution in [2.45, 2.75) is 37.7 Å². The number of sulfonamides is 1. The van der Waals surface area contributed by atoms with Gasteiger partial charge in [0.25, 0.3) is 0 Å². The Kier molecular flexibility index (Phi) is 6.73. The van der Waals surface area contributed by atoms with Crippen molar-refractivity contribution in [2.24, 2.45) is 5.73 Å². The van der Waals surface area contributed by atoms with E-state index in [0.29, 0.717) is 6.42 Å². The molecule has 0 atom stereocenters. The van der Waals surface area contributed by atoms with Crippen LogP contribution in [0.1, 0.15) is 37.6 Å². The number of benzene rings is 1. The van der Waals surface area contributed by atoms with Crippen LogP contribution >= 0.6 is 0 Å². The minimum atomic E-state index is -3.75. The molecule has 0 bridgehead atoms. The second-order valence-corrected chi connectivity index (χ2v) is 7.84. The largest absolute Gasteiger partial charge is 0.444 e. The van der Waals surface area contributed by atoms with E-state index in [0.717, 1.165) is 0 Å². The molecule has 4 N–H and O–H groups in total. The van der Waals surface area contributed by atoms with Gasteiger partial charge >= 0.3 is 6.09 Å². The monoisotopic (exact) mass is 357 g/mol. The van der Waals surface area contributed by atoms with Crippen LogP contribution in [-0.4, -0.2) is 39.1 Å². The summed E-state index contributed by atoms with van der Waals surface area (Å²) in [6.07, 6.45) is -0.173. The Morgan fingerprint density at radius 1 is 1.21 bits per heavy atom. The van der Waals surface area contributed by atoms with Crippen molar-refractivity contribution in [3.8, 4) is 0 Å². The number of carbonyl (C=O) groups is 2.